The topological polar surface area (TPSA) is 25.4 Å². The fourth-order valence-electron chi connectivity index (χ4n) is 1.97. The molecule has 3 nitrogen and oxygen atoms in total. The molecule has 92 valence electrons. The summed E-state index contributed by atoms with van der Waals surface area (Å²) >= 11 is 5.90. The summed E-state index contributed by atoms with van der Waals surface area (Å²) in [5.41, 5.74) is 0.900. The third-order valence-electron chi connectivity index (χ3n) is 3.10. The first-order chi connectivity index (χ1) is 8.26. The predicted molar refractivity (Wildman–Crippen MR) is 70.8 cm³/mol. The number of alkyl halides is 1. The molecule has 1 heterocycles. The summed E-state index contributed by atoms with van der Waals surface area (Å²) in [6, 6.07) is 6.24. The summed E-state index contributed by atoms with van der Waals surface area (Å²) in [6.07, 6.45) is 3.62. The normalized spacial score (nSPS) is 15.2. The maximum atomic E-state index is 5.90. The Bertz CT molecular complexity index is 404. The SMILES string of the molecule is C=C(CCl)N(c1cccc(OC)n1)C1CCC1. The molecular weight excluding hydrogens is 236 g/mol. The number of ether oxygens (including phenoxy) is 1. The highest BCUT2D eigenvalue weighted by Crippen LogP contribution is 2.32. The lowest BCUT2D eigenvalue weighted by molar-refractivity contribution is 0.388. The van der Waals surface area contributed by atoms with E-state index in [9.17, 15) is 0 Å². The average Bonchev–Trinajstić information content (AvgIpc) is 2.32. The second-order valence-corrected chi connectivity index (χ2v) is 4.46. The van der Waals surface area contributed by atoms with Crippen LogP contribution in [-0.4, -0.2) is 24.0 Å². The number of rotatable bonds is 5. The monoisotopic (exact) mass is 252 g/mol. The highest BCUT2D eigenvalue weighted by molar-refractivity contribution is 6.19. The molecule has 17 heavy (non-hydrogen) atoms. The first-order valence-corrected chi connectivity index (χ1v) is 6.33. The van der Waals surface area contributed by atoms with Crippen LogP contribution in [0.3, 0.4) is 0 Å². The summed E-state index contributed by atoms with van der Waals surface area (Å²) in [6.45, 7) is 4.02. The molecule has 0 spiro atoms. The minimum atomic E-state index is 0.426. The van der Waals surface area contributed by atoms with Crippen molar-refractivity contribution in [3.63, 3.8) is 0 Å². The van der Waals surface area contributed by atoms with Crippen molar-refractivity contribution in [2.45, 2.75) is 25.3 Å². The van der Waals surface area contributed by atoms with Gasteiger partial charge in [0, 0.05) is 17.8 Å². The zero-order chi connectivity index (χ0) is 12.3. The first kappa shape index (κ1) is 12.2. The van der Waals surface area contributed by atoms with Crippen LogP contribution in [-0.2, 0) is 0 Å². The molecule has 0 radical (unpaired) electrons. The van der Waals surface area contributed by atoms with Crippen LogP contribution in [0.25, 0.3) is 0 Å². The molecule has 0 aromatic carbocycles. The predicted octanol–water partition coefficient (Wildman–Crippen LogP) is 3.20. The fraction of sp³-hybridized carbons (Fsp3) is 0.462. The van der Waals surface area contributed by atoms with Crippen molar-refractivity contribution < 1.29 is 4.74 Å². The van der Waals surface area contributed by atoms with E-state index >= 15 is 0 Å². The van der Waals surface area contributed by atoms with Crippen LogP contribution in [0.5, 0.6) is 5.88 Å². The Morgan fingerprint density at radius 3 is 2.88 bits per heavy atom. The van der Waals surface area contributed by atoms with Crippen LogP contribution in [0, 0.1) is 0 Å². The summed E-state index contributed by atoms with van der Waals surface area (Å²) in [7, 11) is 1.62. The fourth-order valence-corrected chi connectivity index (χ4v) is 2.10. The van der Waals surface area contributed by atoms with Gasteiger partial charge in [-0.3, -0.25) is 0 Å². The molecule has 0 N–H and O–H groups in total. The van der Waals surface area contributed by atoms with Gasteiger partial charge < -0.3 is 9.64 Å². The molecule has 0 aliphatic heterocycles. The van der Waals surface area contributed by atoms with E-state index in [1.165, 1.54) is 19.3 Å². The maximum Gasteiger partial charge on any atom is 0.214 e. The second kappa shape index (κ2) is 5.41. The van der Waals surface area contributed by atoms with E-state index in [2.05, 4.69) is 16.5 Å². The van der Waals surface area contributed by atoms with Crippen molar-refractivity contribution in [1.82, 2.24) is 4.98 Å². The van der Waals surface area contributed by atoms with Gasteiger partial charge in [0.1, 0.15) is 5.82 Å². The van der Waals surface area contributed by atoms with Crippen molar-refractivity contribution >= 4 is 17.4 Å². The van der Waals surface area contributed by atoms with E-state index in [4.69, 9.17) is 16.3 Å². The lowest BCUT2D eigenvalue weighted by Gasteiger charge is -2.39. The number of hydrogen-bond donors (Lipinski definition) is 0. The van der Waals surface area contributed by atoms with Crippen molar-refractivity contribution in [3.8, 4) is 5.88 Å². The van der Waals surface area contributed by atoms with Crippen molar-refractivity contribution in [3.05, 3.63) is 30.5 Å². The molecule has 1 saturated carbocycles. The molecular formula is C13H17ClN2O. The van der Waals surface area contributed by atoms with E-state index in [0.29, 0.717) is 17.8 Å². The molecule has 1 aromatic rings. The summed E-state index contributed by atoms with van der Waals surface area (Å²) in [5, 5.41) is 0. The van der Waals surface area contributed by atoms with Gasteiger partial charge in [-0.05, 0) is 25.3 Å². The van der Waals surface area contributed by atoms with E-state index in [0.717, 1.165) is 11.5 Å². The highest BCUT2D eigenvalue weighted by atomic mass is 35.5. The number of hydrogen-bond acceptors (Lipinski definition) is 3. The molecule has 0 atom stereocenters. The Morgan fingerprint density at radius 1 is 1.59 bits per heavy atom. The Kier molecular flexibility index (Phi) is 3.89. The van der Waals surface area contributed by atoms with Crippen LogP contribution < -0.4 is 9.64 Å². The van der Waals surface area contributed by atoms with Crippen LogP contribution in [0.4, 0.5) is 5.82 Å². The number of halogens is 1. The van der Waals surface area contributed by atoms with Gasteiger partial charge in [-0.2, -0.15) is 4.98 Å². The van der Waals surface area contributed by atoms with Gasteiger partial charge in [-0.15, -0.1) is 11.6 Å². The summed E-state index contributed by atoms with van der Waals surface area (Å²) in [5.74, 6) is 1.92. The zero-order valence-corrected chi connectivity index (χ0v) is 10.8. The van der Waals surface area contributed by atoms with Crippen LogP contribution >= 0.6 is 11.6 Å². The Morgan fingerprint density at radius 2 is 2.35 bits per heavy atom. The maximum absolute atomic E-state index is 5.90. The number of anilines is 1. The molecule has 0 amide bonds. The van der Waals surface area contributed by atoms with Gasteiger partial charge in [-0.25, -0.2) is 0 Å². The van der Waals surface area contributed by atoms with Crippen LogP contribution in [0.2, 0.25) is 0 Å². The zero-order valence-electron chi connectivity index (χ0n) is 10.0. The molecule has 1 aliphatic carbocycles. The second-order valence-electron chi connectivity index (χ2n) is 4.19. The minimum absolute atomic E-state index is 0.426. The molecule has 1 fully saturated rings. The van der Waals surface area contributed by atoms with Crippen LogP contribution in [0.1, 0.15) is 19.3 Å². The van der Waals surface area contributed by atoms with E-state index in [1.807, 2.05) is 18.2 Å². The molecule has 2 rings (SSSR count). The van der Waals surface area contributed by atoms with Gasteiger partial charge in [-0.1, -0.05) is 12.6 Å². The van der Waals surface area contributed by atoms with Crippen molar-refractivity contribution in [2.24, 2.45) is 0 Å². The number of allylic oxidation sites excluding steroid dienone is 1. The molecule has 1 aliphatic rings. The summed E-state index contributed by atoms with van der Waals surface area (Å²) in [4.78, 5) is 6.59. The average molecular weight is 253 g/mol. The number of nitrogens with zero attached hydrogens (tertiary/aromatic N) is 2. The highest BCUT2D eigenvalue weighted by Gasteiger charge is 2.27. The first-order valence-electron chi connectivity index (χ1n) is 5.80. The van der Waals surface area contributed by atoms with Crippen LogP contribution in [0.15, 0.2) is 30.5 Å². The van der Waals surface area contributed by atoms with Gasteiger partial charge in [0.25, 0.3) is 0 Å². The van der Waals surface area contributed by atoms with Gasteiger partial charge in [0.2, 0.25) is 5.88 Å². The molecule has 1 aromatic heterocycles. The number of methoxy groups -OCH3 is 1. The minimum Gasteiger partial charge on any atom is -0.481 e. The summed E-state index contributed by atoms with van der Waals surface area (Å²) < 4.78 is 5.15. The molecule has 4 heteroatoms. The standard InChI is InChI=1S/C13H17ClN2O/c1-10(9-14)16(11-5-3-6-11)12-7-4-8-13(15-12)17-2/h4,7-8,11H,1,3,5-6,9H2,2H3. The lowest BCUT2D eigenvalue weighted by atomic mass is 9.91. The lowest BCUT2D eigenvalue weighted by Crippen LogP contribution is -2.40. The molecule has 0 saturated heterocycles. The van der Waals surface area contributed by atoms with E-state index in [-0.39, 0.29) is 0 Å². The van der Waals surface area contributed by atoms with Crippen molar-refractivity contribution in [1.29, 1.82) is 0 Å². The third-order valence-corrected chi connectivity index (χ3v) is 3.41. The van der Waals surface area contributed by atoms with Gasteiger partial charge in [0.15, 0.2) is 0 Å². The quantitative estimate of drug-likeness (QED) is 0.753. The van der Waals surface area contributed by atoms with Gasteiger partial charge in [0.05, 0.1) is 13.0 Å². The smallest absolute Gasteiger partial charge is 0.214 e. The Balaban J connectivity index is 2.27. The Hall–Kier alpha value is -1.22. The van der Waals surface area contributed by atoms with Gasteiger partial charge >= 0.3 is 0 Å². The largest absolute Gasteiger partial charge is 0.481 e. The third kappa shape index (κ3) is 2.55. The number of aromatic nitrogens is 1. The number of pyridine rings is 1. The molecule has 0 bridgehead atoms. The van der Waals surface area contributed by atoms with E-state index < -0.39 is 0 Å². The van der Waals surface area contributed by atoms with E-state index in [1.54, 1.807) is 7.11 Å². The molecule has 0 unspecified atom stereocenters. The van der Waals surface area contributed by atoms with Crippen molar-refractivity contribution in [2.75, 3.05) is 17.9 Å². The Labute approximate surface area is 107 Å².